The van der Waals surface area contributed by atoms with Gasteiger partial charge in [-0.15, -0.1) is 11.3 Å². The molecule has 0 saturated carbocycles. The largest absolute Gasteiger partial charge is 0.279 e. The third kappa shape index (κ3) is 4.29. The van der Waals surface area contributed by atoms with Crippen molar-refractivity contribution in [2.45, 2.75) is 33.1 Å². The zero-order valence-corrected chi connectivity index (χ0v) is 13.1. The minimum absolute atomic E-state index is 0.255. The lowest BCUT2D eigenvalue weighted by atomic mass is 9.90. The van der Waals surface area contributed by atoms with Crippen LogP contribution in [0.1, 0.15) is 40.4 Å². The summed E-state index contributed by atoms with van der Waals surface area (Å²) in [6.07, 6.45) is 9.81. The number of carbonyl (C=O) groups excluding carboxylic acids is 2. The van der Waals surface area contributed by atoms with Crippen LogP contribution in [-0.4, -0.2) is 11.8 Å². The molecule has 0 radical (unpaired) electrons. The normalized spacial score (nSPS) is 17.9. The Morgan fingerprint density at radius 3 is 2.90 bits per heavy atom. The van der Waals surface area contributed by atoms with Crippen LogP contribution in [0.15, 0.2) is 30.4 Å². The number of amides is 2. The molecule has 112 valence electrons. The average Bonchev–Trinajstić information content (AvgIpc) is 2.88. The molecule has 2 rings (SSSR count). The summed E-state index contributed by atoms with van der Waals surface area (Å²) >= 11 is 1.53. The van der Waals surface area contributed by atoms with Gasteiger partial charge in [-0.1, -0.05) is 25.2 Å². The predicted octanol–water partition coefficient (Wildman–Crippen LogP) is 2.77. The van der Waals surface area contributed by atoms with E-state index in [4.69, 9.17) is 0 Å². The summed E-state index contributed by atoms with van der Waals surface area (Å²) in [5, 5.41) is 0. The second-order valence-corrected chi connectivity index (χ2v) is 6.37. The molecule has 2 amide bonds. The van der Waals surface area contributed by atoms with Crippen molar-refractivity contribution in [3.63, 3.8) is 0 Å². The summed E-state index contributed by atoms with van der Waals surface area (Å²) in [6.45, 7) is 4.10. The molecule has 0 fully saturated rings. The Balaban J connectivity index is 1.91. The van der Waals surface area contributed by atoms with Crippen LogP contribution < -0.4 is 10.9 Å². The van der Waals surface area contributed by atoms with Crippen LogP contribution in [0.3, 0.4) is 0 Å². The van der Waals surface area contributed by atoms with E-state index in [1.54, 1.807) is 12.2 Å². The van der Waals surface area contributed by atoms with Crippen LogP contribution in [0, 0.1) is 5.92 Å². The highest BCUT2D eigenvalue weighted by atomic mass is 32.1. The fraction of sp³-hybridized carbons (Fsp3) is 0.375. The second-order valence-electron chi connectivity index (χ2n) is 5.24. The van der Waals surface area contributed by atoms with Gasteiger partial charge in [-0.25, -0.2) is 0 Å². The molecule has 0 spiro atoms. The highest BCUT2D eigenvalue weighted by Gasteiger charge is 2.20. The second kappa shape index (κ2) is 7.22. The zero-order chi connectivity index (χ0) is 15.2. The van der Waals surface area contributed by atoms with Crippen molar-refractivity contribution in [2.24, 2.45) is 5.92 Å². The van der Waals surface area contributed by atoms with Gasteiger partial charge in [-0.2, -0.15) is 0 Å². The molecule has 4 nitrogen and oxygen atoms in total. The number of thiophene rings is 1. The maximum atomic E-state index is 12.0. The number of hydrazine groups is 1. The van der Waals surface area contributed by atoms with Gasteiger partial charge < -0.3 is 0 Å². The first kappa shape index (κ1) is 15.5. The molecule has 1 aromatic heterocycles. The molecule has 0 aliphatic heterocycles. The monoisotopic (exact) mass is 304 g/mol. The number of aryl methyl sites for hydroxylation is 1. The molecule has 0 saturated heterocycles. The highest BCUT2D eigenvalue weighted by Crippen LogP contribution is 2.31. The molecule has 0 aromatic carbocycles. The molecule has 2 N–H and O–H groups in total. The van der Waals surface area contributed by atoms with Crippen LogP contribution in [0.2, 0.25) is 0 Å². The van der Waals surface area contributed by atoms with Crippen LogP contribution in [0.4, 0.5) is 0 Å². The maximum Gasteiger partial charge on any atom is 0.279 e. The van der Waals surface area contributed by atoms with E-state index in [2.05, 4.69) is 17.8 Å². The standard InChI is InChI=1S/C16H20N2O2S/c1-3-4-5-6-15(19)17-18-16(20)14-10-12-9-11(2)7-8-13(12)21-14/h3-6,10-11H,7-9H2,1-2H3,(H,17,19)(H,18,20)/b4-3+,6-5+/t11-/m1/s1. The van der Waals surface area contributed by atoms with E-state index in [9.17, 15) is 9.59 Å². The van der Waals surface area contributed by atoms with E-state index in [1.807, 2.05) is 19.1 Å². The average molecular weight is 304 g/mol. The molecule has 21 heavy (non-hydrogen) atoms. The Hall–Kier alpha value is -1.88. The number of carbonyl (C=O) groups is 2. The Labute approximate surface area is 128 Å². The van der Waals surface area contributed by atoms with Crippen molar-refractivity contribution in [3.8, 4) is 0 Å². The Morgan fingerprint density at radius 1 is 1.33 bits per heavy atom. The topological polar surface area (TPSA) is 58.2 Å². The minimum atomic E-state index is -0.351. The SMILES string of the molecule is C/C=C/C=C/C(=O)NNC(=O)c1cc2c(s1)CC[C@@H](C)C2. The van der Waals surface area contributed by atoms with Gasteiger partial charge in [0.15, 0.2) is 0 Å². The lowest BCUT2D eigenvalue weighted by Gasteiger charge is -2.16. The number of fused-ring (bicyclic) bond motifs is 1. The van der Waals surface area contributed by atoms with Gasteiger partial charge in [-0.3, -0.25) is 20.4 Å². The van der Waals surface area contributed by atoms with E-state index in [-0.39, 0.29) is 11.8 Å². The summed E-state index contributed by atoms with van der Waals surface area (Å²) in [6, 6.07) is 1.95. The summed E-state index contributed by atoms with van der Waals surface area (Å²) in [4.78, 5) is 25.4. The molecule has 1 heterocycles. The fourth-order valence-electron chi connectivity index (χ4n) is 2.29. The maximum absolute atomic E-state index is 12.0. The van der Waals surface area contributed by atoms with Crippen molar-refractivity contribution in [2.75, 3.05) is 0 Å². The number of hydrogen-bond donors (Lipinski definition) is 2. The van der Waals surface area contributed by atoms with Crippen molar-refractivity contribution >= 4 is 23.2 Å². The van der Waals surface area contributed by atoms with Crippen molar-refractivity contribution in [1.82, 2.24) is 10.9 Å². The van der Waals surface area contributed by atoms with E-state index < -0.39 is 0 Å². The van der Waals surface area contributed by atoms with Gasteiger partial charge in [0, 0.05) is 11.0 Å². The van der Waals surface area contributed by atoms with E-state index in [0.717, 1.165) is 12.8 Å². The van der Waals surface area contributed by atoms with Gasteiger partial charge in [0.1, 0.15) is 0 Å². The number of allylic oxidation sites excluding steroid dienone is 3. The van der Waals surface area contributed by atoms with Gasteiger partial charge in [0.25, 0.3) is 11.8 Å². The highest BCUT2D eigenvalue weighted by molar-refractivity contribution is 7.14. The molecule has 1 aliphatic carbocycles. The third-order valence-corrected chi connectivity index (χ3v) is 4.64. The van der Waals surface area contributed by atoms with Crippen LogP contribution >= 0.6 is 11.3 Å². The third-order valence-electron chi connectivity index (χ3n) is 3.40. The fourth-order valence-corrected chi connectivity index (χ4v) is 3.40. The zero-order valence-electron chi connectivity index (χ0n) is 12.3. The van der Waals surface area contributed by atoms with Crippen LogP contribution in [-0.2, 0) is 17.6 Å². The van der Waals surface area contributed by atoms with Gasteiger partial charge in [0.2, 0.25) is 0 Å². The van der Waals surface area contributed by atoms with E-state index in [0.29, 0.717) is 10.8 Å². The molecule has 1 aliphatic rings. The van der Waals surface area contributed by atoms with Crippen molar-refractivity contribution < 1.29 is 9.59 Å². The van der Waals surface area contributed by atoms with Crippen molar-refractivity contribution in [3.05, 3.63) is 45.7 Å². The summed E-state index contributed by atoms with van der Waals surface area (Å²) in [5.41, 5.74) is 6.10. The molecule has 5 heteroatoms. The Bertz CT molecular complexity index is 587. The molecule has 1 aromatic rings. The Kier molecular flexibility index (Phi) is 5.33. The molecule has 1 atom stereocenters. The van der Waals surface area contributed by atoms with Gasteiger partial charge in [-0.05, 0) is 43.7 Å². The first-order chi connectivity index (χ1) is 10.1. The molecular formula is C16H20N2O2S. The quantitative estimate of drug-likeness (QED) is 0.512. The van der Waals surface area contributed by atoms with Crippen molar-refractivity contribution in [1.29, 1.82) is 0 Å². The Morgan fingerprint density at radius 2 is 2.14 bits per heavy atom. The van der Waals surface area contributed by atoms with Crippen LogP contribution in [0.25, 0.3) is 0 Å². The lowest BCUT2D eigenvalue weighted by molar-refractivity contribution is -0.117. The molecule has 0 unspecified atom stereocenters. The van der Waals surface area contributed by atoms with Gasteiger partial charge in [0.05, 0.1) is 4.88 Å². The predicted molar refractivity (Wildman–Crippen MR) is 85.1 cm³/mol. The first-order valence-electron chi connectivity index (χ1n) is 7.11. The number of hydrogen-bond acceptors (Lipinski definition) is 3. The molecule has 0 bridgehead atoms. The smallest absolute Gasteiger partial charge is 0.268 e. The number of rotatable bonds is 3. The van der Waals surface area contributed by atoms with Gasteiger partial charge >= 0.3 is 0 Å². The van der Waals surface area contributed by atoms with Crippen LogP contribution in [0.5, 0.6) is 0 Å². The summed E-state index contributed by atoms with van der Waals surface area (Å²) < 4.78 is 0. The summed E-state index contributed by atoms with van der Waals surface area (Å²) in [5.74, 6) is 0.0747. The van der Waals surface area contributed by atoms with E-state index in [1.165, 1.54) is 34.3 Å². The minimum Gasteiger partial charge on any atom is -0.268 e. The van der Waals surface area contributed by atoms with E-state index >= 15 is 0 Å². The summed E-state index contributed by atoms with van der Waals surface area (Å²) in [7, 11) is 0. The first-order valence-corrected chi connectivity index (χ1v) is 7.93. The lowest BCUT2D eigenvalue weighted by Crippen LogP contribution is -2.40. The number of nitrogens with one attached hydrogen (secondary N) is 2. The molecular weight excluding hydrogens is 284 g/mol.